The summed E-state index contributed by atoms with van der Waals surface area (Å²) in [4.78, 5) is 18.6. The first-order valence-corrected chi connectivity index (χ1v) is 7.19. The van der Waals surface area contributed by atoms with Crippen molar-refractivity contribution >= 4 is 40.0 Å². The molecule has 0 saturated heterocycles. The van der Waals surface area contributed by atoms with E-state index in [4.69, 9.17) is 12.2 Å². The van der Waals surface area contributed by atoms with Crippen molar-refractivity contribution < 1.29 is 5.11 Å². The second-order valence-corrected chi connectivity index (χ2v) is 5.44. The lowest BCUT2D eigenvalue weighted by Gasteiger charge is -2.08. The van der Waals surface area contributed by atoms with Gasteiger partial charge >= 0.3 is 0 Å². The molecule has 0 atom stereocenters. The number of H-pyrrole nitrogens is 1. The number of nitrogens with zero attached hydrogens (tertiary/aromatic N) is 2. The smallest absolute Gasteiger partial charge is 0.264 e. The fourth-order valence-corrected chi connectivity index (χ4v) is 2.33. The van der Waals surface area contributed by atoms with Gasteiger partial charge in [-0.05, 0) is 30.4 Å². The average molecular weight is 366 g/mol. The Bertz CT molecular complexity index is 824. The lowest BCUT2D eigenvalue weighted by Crippen LogP contribution is -2.18. The van der Waals surface area contributed by atoms with Crippen LogP contribution in [0.5, 0.6) is 5.88 Å². The fourth-order valence-electron chi connectivity index (χ4n) is 1.69. The molecule has 2 aromatic rings. The summed E-state index contributed by atoms with van der Waals surface area (Å²) >= 11 is 8.33. The van der Waals surface area contributed by atoms with Crippen LogP contribution >= 0.6 is 28.1 Å². The molecule has 0 aliphatic rings. The maximum atomic E-state index is 11.9. The summed E-state index contributed by atoms with van der Waals surface area (Å²) in [6.07, 6.45) is 2.88. The highest BCUT2D eigenvalue weighted by atomic mass is 79.9. The zero-order valence-electron chi connectivity index (χ0n) is 10.9. The normalized spacial score (nSPS) is 10.9. The van der Waals surface area contributed by atoms with E-state index in [0.717, 1.165) is 4.47 Å². The second-order valence-electron chi connectivity index (χ2n) is 4.13. The Hall–Kier alpha value is -1.99. The Morgan fingerprint density at radius 3 is 2.95 bits per heavy atom. The predicted molar refractivity (Wildman–Crippen MR) is 89.1 cm³/mol. The van der Waals surface area contributed by atoms with Gasteiger partial charge < -0.3 is 5.11 Å². The first kappa shape index (κ1) is 15.4. The van der Waals surface area contributed by atoms with Gasteiger partial charge in [0.25, 0.3) is 5.56 Å². The van der Waals surface area contributed by atoms with Crippen molar-refractivity contribution in [2.75, 3.05) is 0 Å². The molecule has 7 heteroatoms. The summed E-state index contributed by atoms with van der Waals surface area (Å²) in [7, 11) is 0. The maximum absolute atomic E-state index is 11.9. The molecule has 0 unspecified atom stereocenters. The third kappa shape index (κ3) is 3.56. The first-order chi connectivity index (χ1) is 10.0. The molecule has 1 aromatic carbocycles. The van der Waals surface area contributed by atoms with Gasteiger partial charge in [0.1, 0.15) is 5.56 Å². The highest BCUT2D eigenvalue weighted by molar-refractivity contribution is 9.10. The molecule has 0 aliphatic heterocycles. The summed E-state index contributed by atoms with van der Waals surface area (Å²) in [5.41, 5.74) is 0.211. The minimum absolute atomic E-state index is 0.0467. The topological polar surface area (TPSA) is 70.4 Å². The van der Waals surface area contributed by atoms with Gasteiger partial charge in [0.05, 0.1) is 5.69 Å². The van der Waals surface area contributed by atoms with Gasteiger partial charge in [-0.1, -0.05) is 28.1 Å². The summed E-state index contributed by atoms with van der Waals surface area (Å²) in [5, 5.41) is 10.1. The van der Waals surface area contributed by atoms with Crippen LogP contribution < -0.4 is 5.56 Å². The highest BCUT2D eigenvalue weighted by Gasteiger charge is 2.09. The van der Waals surface area contributed by atoms with Crippen molar-refractivity contribution in [3.8, 4) is 5.88 Å². The number of aromatic amines is 1. The van der Waals surface area contributed by atoms with Crippen molar-refractivity contribution in [1.82, 2.24) is 9.55 Å². The average Bonchev–Trinajstić information content (AvgIpc) is 2.43. The van der Waals surface area contributed by atoms with E-state index >= 15 is 0 Å². The molecular weight excluding hydrogens is 354 g/mol. The Morgan fingerprint density at radius 2 is 2.29 bits per heavy atom. The Morgan fingerprint density at radius 1 is 1.52 bits per heavy atom. The molecule has 0 spiro atoms. The van der Waals surface area contributed by atoms with Crippen LogP contribution in [-0.2, 0) is 6.54 Å². The molecule has 108 valence electrons. The van der Waals surface area contributed by atoms with Crippen LogP contribution in [0.4, 0.5) is 5.69 Å². The van der Waals surface area contributed by atoms with E-state index in [9.17, 15) is 9.90 Å². The van der Waals surface area contributed by atoms with Gasteiger partial charge in [0.2, 0.25) is 5.88 Å². The number of halogens is 1. The first-order valence-electron chi connectivity index (χ1n) is 5.99. The van der Waals surface area contributed by atoms with Crippen molar-refractivity contribution in [1.29, 1.82) is 0 Å². The number of hydrogen-bond acceptors (Lipinski definition) is 4. The number of rotatable bonds is 4. The number of aromatic nitrogens is 2. The minimum Gasteiger partial charge on any atom is -0.494 e. The number of benzene rings is 1. The van der Waals surface area contributed by atoms with E-state index in [2.05, 4.69) is 32.5 Å². The van der Waals surface area contributed by atoms with Crippen LogP contribution in [0.25, 0.3) is 0 Å². The van der Waals surface area contributed by atoms with Gasteiger partial charge in [-0.15, -0.1) is 6.58 Å². The molecule has 0 aliphatic carbocycles. The van der Waals surface area contributed by atoms with Crippen molar-refractivity contribution in [3.63, 3.8) is 0 Å². The lowest BCUT2D eigenvalue weighted by atomic mass is 10.3. The van der Waals surface area contributed by atoms with Crippen molar-refractivity contribution in [2.24, 2.45) is 4.99 Å². The molecule has 2 N–H and O–H groups in total. The Balaban J connectivity index is 2.49. The molecular formula is C14H12BrN3O2S. The molecule has 0 saturated carbocycles. The summed E-state index contributed by atoms with van der Waals surface area (Å²) in [6.45, 7) is 3.88. The number of aromatic hydroxyl groups is 1. The van der Waals surface area contributed by atoms with E-state index in [-0.39, 0.29) is 16.2 Å². The molecule has 0 bridgehead atoms. The third-order valence-corrected chi connectivity index (χ3v) is 3.49. The highest BCUT2D eigenvalue weighted by Crippen LogP contribution is 2.19. The van der Waals surface area contributed by atoms with Crippen LogP contribution in [0.2, 0.25) is 0 Å². The van der Waals surface area contributed by atoms with E-state index in [1.807, 2.05) is 12.1 Å². The van der Waals surface area contributed by atoms with Crippen molar-refractivity contribution in [2.45, 2.75) is 6.54 Å². The summed E-state index contributed by atoms with van der Waals surface area (Å²) in [6, 6.07) is 7.27. The molecule has 2 rings (SSSR count). The zero-order valence-corrected chi connectivity index (χ0v) is 13.3. The molecule has 5 nitrogen and oxygen atoms in total. The standard InChI is InChI=1S/C14H12BrN3O2S/c1-2-6-18-13(20)11(12(19)17-14(18)21)8-16-10-5-3-4-9(15)7-10/h2-5,7-8,20H,1,6H2,(H,17,19,21). The van der Waals surface area contributed by atoms with E-state index < -0.39 is 5.56 Å². The predicted octanol–water partition coefficient (Wildman–Crippen LogP) is 3.31. The number of allylic oxidation sites excluding steroid dienone is 1. The molecule has 21 heavy (non-hydrogen) atoms. The van der Waals surface area contributed by atoms with Gasteiger partial charge in [-0.3, -0.25) is 19.3 Å². The molecule has 0 radical (unpaired) electrons. The number of nitrogens with one attached hydrogen (secondary N) is 1. The van der Waals surface area contributed by atoms with Gasteiger partial charge in [-0.2, -0.15) is 0 Å². The molecule has 0 amide bonds. The van der Waals surface area contributed by atoms with Crippen LogP contribution in [-0.4, -0.2) is 20.9 Å². The van der Waals surface area contributed by atoms with Gasteiger partial charge in [-0.25, -0.2) is 0 Å². The third-order valence-electron chi connectivity index (χ3n) is 2.67. The van der Waals surface area contributed by atoms with Crippen LogP contribution in [0.3, 0.4) is 0 Å². The van der Waals surface area contributed by atoms with E-state index in [1.165, 1.54) is 10.8 Å². The molecule has 0 fully saturated rings. The largest absolute Gasteiger partial charge is 0.494 e. The summed E-state index contributed by atoms with van der Waals surface area (Å²) in [5.74, 6) is -0.234. The Labute approximate surface area is 134 Å². The van der Waals surface area contributed by atoms with Crippen molar-refractivity contribution in [3.05, 3.63) is 62.1 Å². The molecule has 1 heterocycles. The number of aliphatic imine (C=N–C) groups is 1. The van der Waals surface area contributed by atoms with Crippen LogP contribution in [0.15, 0.2) is 51.2 Å². The minimum atomic E-state index is -0.489. The van der Waals surface area contributed by atoms with E-state index in [1.54, 1.807) is 18.2 Å². The second kappa shape index (κ2) is 6.64. The summed E-state index contributed by atoms with van der Waals surface area (Å²) < 4.78 is 2.38. The lowest BCUT2D eigenvalue weighted by molar-refractivity contribution is 0.413. The van der Waals surface area contributed by atoms with E-state index in [0.29, 0.717) is 12.2 Å². The van der Waals surface area contributed by atoms with Gasteiger partial charge in [0.15, 0.2) is 4.77 Å². The Kier molecular flexibility index (Phi) is 4.87. The van der Waals surface area contributed by atoms with Crippen LogP contribution in [0.1, 0.15) is 5.56 Å². The monoisotopic (exact) mass is 365 g/mol. The van der Waals surface area contributed by atoms with Gasteiger partial charge in [0, 0.05) is 17.2 Å². The van der Waals surface area contributed by atoms with Crippen LogP contribution in [0, 0.1) is 4.77 Å². The number of hydrogen-bond donors (Lipinski definition) is 2. The fraction of sp³-hybridized carbons (Fsp3) is 0.0714. The SMILES string of the molecule is C=CCn1c(O)c(C=Nc2cccc(Br)c2)c(=O)[nH]c1=S. The molecule has 1 aromatic heterocycles. The maximum Gasteiger partial charge on any atom is 0.264 e. The quantitative estimate of drug-likeness (QED) is 0.496. The zero-order chi connectivity index (χ0) is 15.4.